The van der Waals surface area contributed by atoms with Crippen molar-refractivity contribution in [2.24, 2.45) is 5.73 Å². The van der Waals surface area contributed by atoms with Gasteiger partial charge in [-0.1, -0.05) is 0 Å². The van der Waals surface area contributed by atoms with Crippen LogP contribution < -0.4 is 5.73 Å². The molecule has 0 atom stereocenters. The van der Waals surface area contributed by atoms with Gasteiger partial charge >= 0.3 is 0 Å². The molecule has 0 spiro atoms. The third-order valence-corrected chi connectivity index (χ3v) is 1.38. The Morgan fingerprint density at radius 3 is 2.80 bits per heavy atom. The van der Waals surface area contributed by atoms with E-state index in [1.807, 2.05) is 0 Å². The zero-order chi connectivity index (χ0) is 7.56. The van der Waals surface area contributed by atoms with Gasteiger partial charge in [0.2, 0.25) is 0 Å². The van der Waals surface area contributed by atoms with Crippen LogP contribution in [-0.4, -0.2) is 10.9 Å². The minimum absolute atomic E-state index is 0.214. The molecule has 2 N–H and O–H groups in total. The van der Waals surface area contributed by atoms with E-state index in [1.54, 1.807) is 12.1 Å². The summed E-state index contributed by atoms with van der Waals surface area (Å²) >= 11 is 3.97. The van der Waals surface area contributed by atoms with Crippen molar-refractivity contribution in [1.82, 2.24) is 4.98 Å². The molecule has 0 unspecified atom stereocenters. The van der Waals surface area contributed by atoms with Gasteiger partial charge in [0, 0.05) is 11.1 Å². The van der Waals surface area contributed by atoms with Gasteiger partial charge in [0.25, 0.3) is 5.91 Å². The van der Waals surface area contributed by atoms with Crippen LogP contribution in [-0.2, 0) is 0 Å². The van der Waals surface area contributed by atoms with E-state index in [-0.39, 0.29) is 5.69 Å². The molecule has 1 aromatic rings. The van der Waals surface area contributed by atoms with Gasteiger partial charge < -0.3 is 5.73 Å². The summed E-state index contributed by atoms with van der Waals surface area (Å²) in [6.45, 7) is 0. The highest BCUT2D eigenvalue weighted by atomic mass is 32.1. The number of amides is 1. The maximum atomic E-state index is 10.5. The first-order valence-corrected chi connectivity index (χ1v) is 3.10. The first-order valence-electron chi connectivity index (χ1n) is 2.65. The van der Waals surface area contributed by atoms with Gasteiger partial charge in [-0.15, -0.1) is 12.6 Å². The van der Waals surface area contributed by atoms with Crippen molar-refractivity contribution in [1.29, 1.82) is 0 Å². The van der Waals surface area contributed by atoms with Crippen molar-refractivity contribution in [3.63, 3.8) is 0 Å². The van der Waals surface area contributed by atoms with Gasteiger partial charge in [0.05, 0.1) is 0 Å². The Morgan fingerprint density at radius 2 is 2.40 bits per heavy atom. The number of carbonyl (C=O) groups is 1. The first-order chi connectivity index (χ1) is 4.72. The van der Waals surface area contributed by atoms with Crippen LogP contribution in [0.1, 0.15) is 10.5 Å². The van der Waals surface area contributed by atoms with Crippen LogP contribution in [0.15, 0.2) is 23.2 Å². The lowest BCUT2D eigenvalue weighted by Gasteiger charge is -1.95. The molecule has 0 aliphatic heterocycles. The largest absolute Gasteiger partial charge is 0.364 e. The second-order valence-electron chi connectivity index (χ2n) is 1.74. The molecular weight excluding hydrogens is 148 g/mol. The average molecular weight is 154 g/mol. The van der Waals surface area contributed by atoms with Crippen LogP contribution in [0.2, 0.25) is 0 Å². The molecule has 0 saturated carbocycles. The highest BCUT2D eigenvalue weighted by Gasteiger charge is 2.03. The molecule has 0 saturated heterocycles. The minimum atomic E-state index is -0.550. The molecule has 4 heteroatoms. The van der Waals surface area contributed by atoms with Crippen molar-refractivity contribution in [2.75, 3.05) is 0 Å². The zero-order valence-electron chi connectivity index (χ0n) is 5.11. The van der Waals surface area contributed by atoms with Crippen LogP contribution >= 0.6 is 12.6 Å². The summed E-state index contributed by atoms with van der Waals surface area (Å²) < 4.78 is 0. The van der Waals surface area contributed by atoms with Crippen molar-refractivity contribution < 1.29 is 4.79 Å². The second kappa shape index (κ2) is 2.70. The number of primary amides is 1. The number of nitrogens with two attached hydrogens (primary N) is 1. The molecule has 1 heterocycles. The van der Waals surface area contributed by atoms with Crippen LogP contribution in [0.4, 0.5) is 0 Å². The van der Waals surface area contributed by atoms with E-state index in [4.69, 9.17) is 5.73 Å². The molecule has 0 bridgehead atoms. The number of nitrogens with zero attached hydrogens (tertiary/aromatic N) is 1. The van der Waals surface area contributed by atoms with Crippen LogP contribution in [0, 0.1) is 0 Å². The molecule has 1 amide bonds. The third-order valence-electron chi connectivity index (χ3n) is 1.02. The molecular formula is C6H6N2OS. The normalized spacial score (nSPS) is 9.30. The Morgan fingerprint density at radius 1 is 1.70 bits per heavy atom. The molecule has 3 nitrogen and oxygen atoms in total. The van der Waals surface area contributed by atoms with E-state index in [1.165, 1.54) is 6.20 Å². The molecule has 0 aliphatic rings. The van der Waals surface area contributed by atoms with E-state index in [0.29, 0.717) is 4.90 Å². The fraction of sp³-hybridized carbons (Fsp3) is 0. The van der Waals surface area contributed by atoms with Crippen molar-refractivity contribution >= 4 is 18.5 Å². The number of thiol groups is 1. The van der Waals surface area contributed by atoms with Crippen LogP contribution in [0.5, 0.6) is 0 Å². The lowest BCUT2D eigenvalue weighted by Crippen LogP contribution is -2.13. The lowest BCUT2D eigenvalue weighted by molar-refractivity contribution is 0.0992. The predicted molar refractivity (Wildman–Crippen MR) is 40.0 cm³/mol. The van der Waals surface area contributed by atoms with Crippen LogP contribution in [0.3, 0.4) is 0 Å². The number of hydrogen-bond donors (Lipinski definition) is 2. The highest BCUT2D eigenvalue weighted by Crippen LogP contribution is 2.07. The number of carbonyl (C=O) groups excluding carboxylic acids is 1. The standard InChI is InChI=1S/C6H6N2OS/c7-6(9)5-4(10)2-1-3-8-5/h1-3,10H,(H2,7,9). The summed E-state index contributed by atoms with van der Waals surface area (Å²) in [5, 5.41) is 0. The number of pyridine rings is 1. The SMILES string of the molecule is NC(=O)c1ncccc1S. The molecule has 0 aliphatic carbocycles. The summed E-state index contributed by atoms with van der Waals surface area (Å²) in [5.41, 5.74) is 5.18. The van der Waals surface area contributed by atoms with E-state index in [2.05, 4.69) is 17.6 Å². The fourth-order valence-corrected chi connectivity index (χ4v) is 0.841. The molecule has 10 heavy (non-hydrogen) atoms. The zero-order valence-corrected chi connectivity index (χ0v) is 6.01. The smallest absolute Gasteiger partial charge is 0.268 e. The topological polar surface area (TPSA) is 56.0 Å². The Bertz CT molecular complexity index is 262. The lowest BCUT2D eigenvalue weighted by atomic mass is 10.3. The van der Waals surface area contributed by atoms with Gasteiger partial charge in [-0.2, -0.15) is 0 Å². The Labute approximate surface area is 63.7 Å². The summed E-state index contributed by atoms with van der Waals surface area (Å²) in [5.74, 6) is -0.550. The maximum Gasteiger partial charge on any atom is 0.268 e. The quantitative estimate of drug-likeness (QED) is 0.578. The average Bonchev–Trinajstić information content (AvgIpc) is 1.88. The van der Waals surface area contributed by atoms with Crippen molar-refractivity contribution in [2.45, 2.75) is 4.90 Å². The summed E-state index contributed by atoms with van der Waals surface area (Å²) in [6.07, 6.45) is 1.50. The Kier molecular flexibility index (Phi) is 1.91. The predicted octanol–water partition coefficient (Wildman–Crippen LogP) is 0.469. The molecule has 0 radical (unpaired) electrons. The maximum absolute atomic E-state index is 10.5. The van der Waals surface area contributed by atoms with Gasteiger partial charge in [0.1, 0.15) is 5.69 Å². The molecule has 0 aromatic carbocycles. The Balaban J connectivity index is 3.15. The number of hydrogen-bond acceptors (Lipinski definition) is 3. The Hall–Kier alpha value is -1.03. The second-order valence-corrected chi connectivity index (χ2v) is 2.22. The van der Waals surface area contributed by atoms with Crippen molar-refractivity contribution in [3.05, 3.63) is 24.0 Å². The number of rotatable bonds is 1. The summed E-state index contributed by atoms with van der Waals surface area (Å²) in [6, 6.07) is 3.35. The molecule has 52 valence electrons. The molecule has 1 aromatic heterocycles. The van der Waals surface area contributed by atoms with E-state index >= 15 is 0 Å². The van der Waals surface area contributed by atoms with Gasteiger partial charge in [0.15, 0.2) is 0 Å². The van der Waals surface area contributed by atoms with E-state index in [0.717, 1.165) is 0 Å². The van der Waals surface area contributed by atoms with Gasteiger partial charge in [-0.05, 0) is 12.1 Å². The summed E-state index contributed by atoms with van der Waals surface area (Å²) in [7, 11) is 0. The highest BCUT2D eigenvalue weighted by molar-refractivity contribution is 7.80. The minimum Gasteiger partial charge on any atom is -0.364 e. The number of aromatic nitrogens is 1. The molecule has 1 rings (SSSR count). The van der Waals surface area contributed by atoms with Crippen molar-refractivity contribution in [3.8, 4) is 0 Å². The van der Waals surface area contributed by atoms with Gasteiger partial charge in [-0.3, -0.25) is 4.79 Å². The van der Waals surface area contributed by atoms with Gasteiger partial charge in [-0.25, -0.2) is 4.98 Å². The first kappa shape index (κ1) is 7.08. The fourth-order valence-electron chi connectivity index (χ4n) is 0.587. The van der Waals surface area contributed by atoms with Crippen LogP contribution in [0.25, 0.3) is 0 Å². The van der Waals surface area contributed by atoms with E-state index < -0.39 is 5.91 Å². The van der Waals surface area contributed by atoms with E-state index in [9.17, 15) is 4.79 Å². The third kappa shape index (κ3) is 1.27. The monoisotopic (exact) mass is 154 g/mol. The summed E-state index contributed by atoms with van der Waals surface area (Å²) in [4.78, 5) is 14.8. The molecule has 0 fully saturated rings.